The normalized spacial score (nSPS) is 18.2. The van der Waals surface area contributed by atoms with Gasteiger partial charge < -0.3 is 0 Å². The van der Waals surface area contributed by atoms with E-state index >= 15 is 0 Å². The number of amidine groups is 1. The predicted octanol–water partition coefficient (Wildman–Crippen LogP) is -4.75. The lowest BCUT2D eigenvalue weighted by atomic mass is 10.9. The Labute approximate surface area is 70.1 Å². The Bertz CT molecular complexity index is 203. The van der Waals surface area contributed by atoms with Crippen LogP contribution in [0, 0.1) is 10.2 Å². The number of nitrogens with two attached hydrogens (primary N) is 1. The highest BCUT2D eigenvalue weighted by molar-refractivity contribution is 5.73. The zero-order valence-electron chi connectivity index (χ0n) is 6.14. The zero-order valence-corrected chi connectivity index (χ0v) is 6.89. The van der Waals surface area contributed by atoms with E-state index in [1.54, 1.807) is 7.05 Å². The molecule has 0 unspecified atom stereocenters. The molecule has 0 fully saturated rings. The first-order chi connectivity index (χ1) is 5.38. The Hall–Kier alpha value is -0.800. The molecule has 0 atom stereocenters. The SMILES string of the molecule is CN1CN(N)C(O[Cl+3]([O-])([O-])[O-])=N1. The van der Waals surface area contributed by atoms with Gasteiger partial charge in [-0.1, -0.05) is 0 Å². The molecule has 0 aromatic heterocycles. The summed E-state index contributed by atoms with van der Waals surface area (Å²) in [6, 6.07) is -0.436. The Kier molecular flexibility index (Phi) is 2.26. The average molecular weight is 199 g/mol. The highest BCUT2D eigenvalue weighted by Crippen LogP contribution is 2.04. The molecule has 70 valence electrons. The van der Waals surface area contributed by atoms with Crippen molar-refractivity contribution in [3.8, 4) is 0 Å². The summed E-state index contributed by atoms with van der Waals surface area (Å²) in [4.78, 5) is 0. The minimum atomic E-state index is -4.53. The molecule has 1 rings (SSSR count). The van der Waals surface area contributed by atoms with Gasteiger partial charge in [0.15, 0.2) is 0 Å². The van der Waals surface area contributed by atoms with Crippen LogP contribution < -0.4 is 19.8 Å². The van der Waals surface area contributed by atoms with Gasteiger partial charge in [-0.3, -0.25) is 5.01 Å². The third-order valence-electron chi connectivity index (χ3n) is 1.02. The van der Waals surface area contributed by atoms with Gasteiger partial charge in [0.2, 0.25) is 0 Å². The van der Waals surface area contributed by atoms with Gasteiger partial charge in [0.05, 0.1) is 0 Å². The van der Waals surface area contributed by atoms with Crippen molar-refractivity contribution in [2.24, 2.45) is 10.9 Å². The highest BCUT2D eigenvalue weighted by Gasteiger charge is 2.32. The second kappa shape index (κ2) is 2.92. The van der Waals surface area contributed by atoms with Gasteiger partial charge >= 0.3 is 6.02 Å². The van der Waals surface area contributed by atoms with Crippen LogP contribution in [0.5, 0.6) is 0 Å². The van der Waals surface area contributed by atoms with Crippen LogP contribution in [0.3, 0.4) is 0 Å². The Morgan fingerprint density at radius 3 is 2.50 bits per heavy atom. The molecule has 0 aromatic rings. The second-order valence-electron chi connectivity index (χ2n) is 2.11. The second-order valence-corrected chi connectivity index (χ2v) is 3.02. The number of hydrogen-bond donors (Lipinski definition) is 1. The van der Waals surface area contributed by atoms with E-state index in [-0.39, 0.29) is 6.67 Å². The third-order valence-corrected chi connectivity index (χ3v) is 1.35. The van der Waals surface area contributed by atoms with Crippen molar-refractivity contribution in [1.29, 1.82) is 0 Å². The molecule has 0 aromatic carbocycles. The van der Waals surface area contributed by atoms with Crippen LogP contribution in [0.1, 0.15) is 0 Å². The molecule has 0 aliphatic carbocycles. The van der Waals surface area contributed by atoms with Gasteiger partial charge in [0.1, 0.15) is 16.9 Å². The molecular formula is C3H7ClN4O4. The van der Waals surface area contributed by atoms with Crippen LogP contribution in [0.2, 0.25) is 0 Å². The lowest BCUT2D eigenvalue weighted by Crippen LogP contribution is -2.63. The highest BCUT2D eigenvalue weighted by atomic mass is 35.7. The average Bonchev–Trinajstić information content (AvgIpc) is 2.06. The van der Waals surface area contributed by atoms with Crippen LogP contribution in [0.15, 0.2) is 5.10 Å². The van der Waals surface area contributed by atoms with Crippen molar-refractivity contribution in [2.45, 2.75) is 0 Å². The van der Waals surface area contributed by atoms with E-state index in [9.17, 15) is 14.0 Å². The summed E-state index contributed by atoms with van der Waals surface area (Å²) in [5.41, 5.74) is 0. The zero-order chi connectivity index (χ0) is 9.35. The van der Waals surface area contributed by atoms with E-state index < -0.39 is 16.3 Å². The monoisotopic (exact) mass is 198 g/mol. The fourth-order valence-electron chi connectivity index (χ4n) is 0.660. The molecule has 8 nitrogen and oxygen atoms in total. The quantitative estimate of drug-likeness (QED) is 0.420. The van der Waals surface area contributed by atoms with Crippen LogP contribution in [0.25, 0.3) is 0 Å². The van der Waals surface area contributed by atoms with Crippen molar-refractivity contribution in [3.05, 3.63) is 0 Å². The number of halogens is 1. The van der Waals surface area contributed by atoms with E-state index in [0.717, 1.165) is 5.01 Å². The van der Waals surface area contributed by atoms with Crippen LogP contribution in [-0.4, -0.2) is 29.8 Å². The van der Waals surface area contributed by atoms with E-state index in [2.05, 4.69) is 9.39 Å². The maximum Gasteiger partial charge on any atom is 0.488 e. The maximum absolute atomic E-state index is 10.1. The van der Waals surface area contributed by atoms with E-state index in [1.807, 2.05) is 0 Å². The topological polar surface area (TPSA) is 123 Å². The molecule has 2 N–H and O–H groups in total. The van der Waals surface area contributed by atoms with Gasteiger partial charge in [0, 0.05) is 7.05 Å². The van der Waals surface area contributed by atoms with Gasteiger partial charge in [-0.25, -0.2) is 10.9 Å². The van der Waals surface area contributed by atoms with Crippen molar-refractivity contribution in [1.82, 2.24) is 10.0 Å². The minimum absolute atomic E-state index is 0.167. The van der Waals surface area contributed by atoms with Gasteiger partial charge in [-0.15, -0.1) is 5.10 Å². The number of nitrogens with zero attached hydrogens (tertiary/aromatic N) is 3. The molecule has 0 bridgehead atoms. The fourth-order valence-corrected chi connectivity index (χ4v) is 0.949. The molecule has 0 amide bonds. The minimum Gasteiger partial charge on any atom is -0.273 e. The van der Waals surface area contributed by atoms with Crippen LogP contribution >= 0.6 is 0 Å². The Balaban J connectivity index is 2.58. The van der Waals surface area contributed by atoms with Crippen molar-refractivity contribution in [2.75, 3.05) is 13.7 Å². The van der Waals surface area contributed by atoms with Crippen LogP contribution in [-0.2, 0) is 4.29 Å². The summed E-state index contributed by atoms with van der Waals surface area (Å²) in [6.45, 7) is 0.167. The number of hydrazine groups is 1. The number of hydrogen-bond acceptors (Lipinski definition) is 8. The standard InChI is InChI=1S/C3H7ClN4O4/c1-7-2-8(5)3(6-7)12-4(9,10)11/h2,5H2,1H3. The first-order valence-electron chi connectivity index (χ1n) is 2.81. The van der Waals surface area contributed by atoms with Crippen LogP contribution in [0.4, 0.5) is 0 Å². The molecule has 12 heavy (non-hydrogen) atoms. The number of hydrazone groups is 1. The predicted molar refractivity (Wildman–Crippen MR) is 27.2 cm³/mol. The summed E-state index contributed by atoms with van der Waals surface area (Å²) in [5, 5.41) is 5.70. The molecule has 1 heterocycles. The third kappa shape index (κ3) is 2.36. The molecule has 1 aliphatic rings. The lowest BCUT2D eigenvalue weighted by Gasteiger charge is -2.14. The summed E-state index contributed by atoms with van der Waals surface area (Å²) in [5.74, 6) is 5.20. The molecule has 0 radical (unpaired) electrons. The largest absolute Gasteiger partial charge is 0.488 e. The summed E-state index contributed by atoms with van der Waals surface area (Å²) >= 11 is 0. The van der Waals surface area contributed by atoms with Gasteiger partial charge in [-0.05, 0) is 4.29 Å². The molecule has 1 aliphatic heterocycles. The van der Waals surface area contributed by atoms with E-state index in [4.69, 9.17) is 5.84 Å². The first kappa shape index (κ1) is 9.29. The van der Waals surface area contributed by atoms with Gasteiger partial charge in [0.25, 0.3) is 0 Å². The first-order valence-corrected chi connectivity index (χ1v) is 4.04. The summed E-state index contributed by atoms with van der Waals surface area (Å²) < 4.78 is 34.0. The van der Waals surface area contributed by atoms with E-state index in [1.165, 1.54) is 5.01 Å². The number of rotatable bonds is 1. The maximum atomic E-state index is 10.1. The summed E-state index contributed by atoms with van der Waals surface area (Å²) in [7, 11) is -2.98. The molecule has 0 spiro atoms. The molecule has 0 saturated heterocycles. The van der Waals surface area contributed by atoms with Crippen molar-refractivity contribution in [3.63, 3.8) is 0 Å². The van der Waals surface area contributed by atoms with E-state index in [0.29, 0.717) is 0 Å². The Morgan fingerprint density at radius 2 is 2.17 bits per heavy atom. The lowest BCUT2D eigenvalue weighted by molar-refractivity contribution is -1.92. The van der Waals surface area contributed by atoms with Gasteiger partial charge in [-0.2, -0.15) is 14.0 Å². The molecule has 9 heteroatoms. The Morgan fingerprint density at radius 1 is 1.58 bits per heavy atom. The summed E-state index contributed by atoms with van der Waals surface area (Å²) in [6.07, 6.45) is 0. The smallest absolute Gasteiger partial charge is 0.273 e. The van der Waals surface area contributed by atoms with Crippen molar-refractivity contribution >= 4 is 6.02 Å². The molecule has 0 saturated carbocycles. The fraction of sp³-hybridized carbons (Fsp3) is 0.667. The molecular weight excluding hydrogens is 192 g/mol. The van der Waals surface area contributed by atoms with Crippen molar-refractivity contribution < 1.29 is 28.5 Å².